The summed E-state index contributed by atoms with van der Waals surface area (Å²) in [6.45, 7) is 4.21. The molecule has 0 unspecified atom stereocenters. The van der Waals surface area contributed by atoms with Crippen LogP contribution >= 0.6 is 11.6 Å². The highest BCUT2D eigenvalue weighted by Gasteiger charge is 2.28. The summed E-state index contributed by atoms with van der Waals surface area (Å²) in [7, 11) is 0. The van der Waals surface area contributed by atoms with Crippen LogP contribution < -0.4 is 15.5 Å². The van der Waals surface area contributed by atoms with Crippen molar-refractivity contribution in [3.63, 3.8) is 0 Å². The van der Waals surface area contributed by atoms with Gasteiger partial charge in [0.25, 0.3) is 0 Å². The predicted octanol–water partition coefficient (Wildman–Crippen LogP) is 3.75. The maximum atomic E-state index is 12.7. The zero-order valence-electron chi connectivity index (χ0n) is 14.2. The van der Waals surface area contributed by atoms with Crippen LogP contribution in [0.25, 0.3) is 0 Å². The van der Waals surface area contributed by atoms with Gasteiger partial charge in [0.2, 0.25) is 5.91 Å². The molecule has 0 saturated heterocycles. The fraction of sp³-hybridized carbons (Fsp3) is 0.263. The van der Waals surface area contributed by atoms with Crippen molar-refractivity contribution in [1.29, 1.82) is 0 Å². The highest BCUT2D eigenvalue weighted by Crippen LogP contribution is 2.27. The lowest BCUT2D eigenvalue weighted by molar-refractivity contribution is -0.119. The minimum absolute atomic E-state index is 0.123. The van der Waals surface area contributed by atoms with Crippen LogP contribution in [0.2, 0.25) is 5.02 Å². The first-order chi connectivity index (χ1) is 12.0. The van der Waals surface area contributed by atoms with E-state index in [2.05, 4.69) is 10.6 Å². The van der Waals surface area contributed by atoms with E-state index < -0.39 is 12.1 Å². The number of carbonyl (C=O) groups excluding carboxylic acids is 2. The molecule has 2 aromatic carbocycles. The van der Waals surface area contributed by atoms with Gasteiger partial charge < -0.3 is 15.5 Å². The van der Waals surface area contributed by atoms with Crippen molar-refractivity contribution in [3.05, 3.63) is 58.6 Å². The van der Waals surface area contributed by atoms with Crippen LogP contribution in [0.4, 0.5) is 16.2 Å². The van der Waals surface area contributed by atoms with E-state index in [9.17, 15) is 9.59 Å². The maximum Gasteiger partial charge on any atom is 0.319 e. The third-order valence-electron chi connectivity index (χ3n) is 4.30. The smallest absolute Gasteiger partial charge is 0.319 e. The Labute approximate surface area is 152 Å². The summed E-state index contributed by atoms with van der Waals surface area (Å²) in [5.74, 6) is -0.123. The van der Waals surface area contributed by atoms with Crippen LogP contribution in [0.5, 0.6) is 0 Å². The first-order valence-electron chi connectivity index (χ1n) is 8.18. The Balaban J connectivity index is 1.62. The van der Waals surface area contributed by atoms with E-state index in [0.29, 0.717) is 17.3 Å². The van der Waals surface area contributed by atoms with Gasteiger partial charge in [0.05, 0.1) is 0 Å². The van der Waals surface area contributed by atoms with Crippen molar-refractivity contribution >= 4 is 34.9 Å². The number of benzene rings is 2. The number of rotatable bonds is 3. The van der Waals surface area contributed by atoms with Gasteiger partial charge in [-0.2, -0.15) is 0 Å². The molecule has 1 aliphatic heterocycles. The Morgan fingerprint density at radius 1 is 1.20 bits per heavy atom. The van der Waals surface area contributed by atoms with Crippen LogP contribution in [0.1, 0.15) is 18.1 Å². The molecule has 0 fully saturated rings. The van der Waals surface area contributed by atoms with Crippen LogP contribution in [0.3, 0.4) is 0 Å². The number of carbonyl (C=O) groups is 2. The van der Waals surface area contributed by atoms with Gasteiger partial charge >= 0.3 is 6.03 Å². The topological polar surface area (TPSA) is 61.4 Å². The molecule has 2 aromatic rings. The highest BCUT2D eigenvalue weighted by molar-refractivity contribution is 6.31. The first kappa shape index (κ1) is 17.3. The van der Waals surface area contributed by atoms with Gasteiger partial charge in [0, 0.05) is 22.9 Å². The van der Waals surface area contributed by atoms with Crippen molar-refractivity contribution in [2.45, 2.75) is 26.3 Å². The molecule has 3 amide bonds. The molecule has 0 spiro atoms. The largest absolute Gasteiger partial charge is 0.326 e. The molecular formula is C19H20ClN3O2. The molecule has 0 radical (unpaired) electrons. The van der Waals surface area contributed by atoms with Crippen LogP contribution in [0.15, 0.2) is 42.5 Å². The van der Waals surface area contributed by atoms with E-state index in [0.717, 1.165) is 23.2 Å². The van der Waals surface area contributed by atoms with Gasteiger partial charge in [-0.05, 0) is 49.6 Å². The minimum atomic E-state index is -0.632. The summed E-state index contributed by atoms with van der Waals surface area (Å²) in [5, 5.41) is 5.97. The maximum absolute atomic E-state index is 12.7. The fourth-order valence-corrected chi connectivity index (χ4v) is 3.08. The summed E-state index contributed by atoms with van der Waals surface area (Å²) in [5.41, 5.74) is 3.59. The second kappa shape index (κ2) is 7.15. The average molecular weight is 358 g/mol. The lowest BCUT2D eigenvalue weighted by Gasteiger charge is -2.22. The third kappa shape index (κ3) is 3.77. The number of aryl methyl sites for hydroxylation is 1. The number of fused-ring (bicyclic) bond motifs is 1. The Hall–Kier alpha value is -2.53. The molecule has 1 aliphatic rings. The molecule has 3 rings (SSSR count). The molecule has 5 nitrogen and oxygen atoms in total. The summed E-state index contributed by atoms with van der Waals surface area (Å²) in [6, 6.07) is 12.0. The monoisotopic (exact) mass is 357 g/mol. The van der Waals surface area contributed by atoms with Crippen LogP contribution in [-0.2, 0) is 11.2 Å². The zero-order valence-corrected chi connectivity index (χ0v) is 14.9. The van der Waals surface area contributed by atoms with Crippen molar-refractivity contribution in [2.24, 2.45) is 0 Å². The van der Waals surface area contributed by atoms with Crippen molar-refractivity contribution in [2.75, 3.05) is 16.8 Å². The van der Waals surface area contributed by atoms with Gasteiger partial charge in [-0.1, -0.05) is 35.9 Å². The molecule has 6 heteroatoms. The Morgan fingerprint density at radius 3 is 2.72 bits per heavy atom. The van der Waals surface area contributed by atoms with E-state index in [1.807, 2.05) is 37.3 Å². The number of nitrogens with zero attached hydrogens (tertiary/aromatic N) is 1. The first-order valence-corrected chi connectivity index (χ1v) is 8.56. The van der Waals surface area contributed by atoms with Crippen molar-refractivity contribution in [1.82, 2.24) is 5.32 Å². The van der Waals surface area contributed by atoms with Gasteiger partial charge in [0.15, 0.2) is 0 Å². The van der Waals surface area contributed by atoms with Crippen molar-refractivity contribution in [3.8, 4) is 0 Å². The highest BCUT2D eigenvalue weighted by atomic mass is 35.5. The molecule has 0 aromatic heterocycles. The number of hydrogen-bond acceptors (Lipinski definition) is 2. The van der Waals surface area contributed by atoms with E-state index >= 15 is 0 Å². The van der Waals surface area contributed by atoms with E-state index in [4.69, 9.17) is 11.6 Å². The zero-order chi connectivity index (χ0) is 18.0. The Bertz CT molecular complexity index is 822. The summed E-state index contributed by atoms with van der Waals surface area (Å²) >= 11 is 6.05. The van der Waals surface area contributed by atoms with Gasteiger partial charge in [-0.15, -0.1) is 0 Å². The number of nitrogens with one attached hydrogen (secondary N) is 2. The normalized spacial score (nSPS) is 14.0. The Morgan fingerprint density at radius 2 is 1.96 bits per heavy atom. The molecule has 1 heterocycles. The Kier molecular flexibility index (Phi) is 4.95. The minimum Gasteiger partial charge on any atom is -0.326 e. The average Bonchev–Trinajstić information content (AvgIpc) is 3.01. The molecule has 0 aliphatic carbocycles. The molecule has 130 valence electrons. The number of hydrogen-bond donors (Lipinski definition) is 2. The van der Waals surface area contributed by atoms with Gasteiger partial charge in [0.1, 0.15) is 6.04 Å². The molecule has 1 atom stereocenters. The van der Waals surface area contributed by atoms with E-state index in [-0.39, 0.29) is 5.91 Å². The molecular weight excluding hydrogens is 338 g/mol. The number of urea groups is 1. The molecule has 25 heavy (non-hydrogen) atoms. The fourth-order valence-electron chi connectivity index (χ4n) is 2.90. The molecule has 0 saturated carbocycles. The van der Waals surface area contributed by atoms with Crippen molar-refractivity contribution < 1.29 is 9.59 Å². The van der Waals surface area contributed by atoms with Crippen LogP contribution in [0, 0.1) is 6.92 Å². The number of halogens is 1. The van der Waals surface area contributed by atoms with Gasteiger partial charge in [-0.3, -0.25) is 4.79 Å². The van der Waals surface area contributed by atoms with Gasteiger partial charge in [-0.25, -0.2) is 4.79 Å². The lowest BCUT2D eigenvalue weighted by atomic mass is 10.2. The summed E-state index contributed by atoms with van der Waals surface area (Å²) in [6.07, 6.45) is 0.836. The standard InChI is InChI=1S/C19H20ClN3O2/c1-12-7-8-15(11-16(12)20)22-19(25)21-13(2)18(24)23-10-9-14-5-3-4-6-17(14)23/h3-8,11,13H,9-10H2,1-2H3,(H2,21,22,25)/t13-/m1/s1. The summed E-state index contributed by atoms with van der Waals surface area (Å²) < 4.78 is 0. The second-order valence-electron chi connectivity index (χ2n) is 6.15. The SMILES string of the molecule is Cc1ccc(NC(=O)N[C@H](C)C(=O)N2CCc3ccccc32)cc1Cl. The van der Waals surface area contributed by atoms with Crippen LogP contribution in [-0.4, -0.2) is 24.5 Å². The second-order valence-corrected chi connectivity index (χ2v) is 6.56. The lowest BCUT2D eigenvalue weighted by Crippen LogP contribution is -2.47. The number of amides is 3. The molecule has 0 bridgehead atoms. The molecule has 2 N–H and O–H groups in total. The van der Waals surface area contributed by atoms with E-state index in [1.54, 1.807) is 24.0 Å². The van der Waals surface area contributed by atoms with E-state index in [1.165, 1.54) is 0 Å². The number of anilines is 2. The quantitative estimate of drug-likeness (QED) is 0.878. The number of para-hydroxylation sites is 1. The third-order valence-corrected chi connectivity index (χ3v) is 4.71. The predicted molar refractivity (Wildman–Crippen MR) is 100 cm³/mol. The summed E-state index contributed by atoms with van der Waals surface area (Å²) in [4.78, 5) is 26.5.